The van der Waals surface area contributed by atoms with Gasteiger partial charge in [-0.15, -0.1) is 69.9 Å². The molecule has 0 aliphatic rings. The molecule has 3 aromatic carbocycles. The molecule has 0 heterocycles. The standard InChI is InChI=1S/C17H13.2CH3.2BrH.H2Si.Ti/c1-3-8-14(9-4-1)16-12-7-13-17(16)15-10-5-2-6-11-15;;;;;;/h1-13H;2*1H3;2*1H;1H2;/q3*-1;;;;. The summed E-state index contributed by atoms with van der Waals surface area (Å²) < 4.78 is 0. The number of hydrogen-bond donors (Lipinski definition) is 0. The Bertz CT molecular complexity index is 570. The molecule has 0 amide bonds. The summed E-state index contributed by atoms with van der Waals surface area (Å²) >= 11 is 2.03. The second kappa shape index (κ2) is 15.2. The van der Waals surface area contributed by atoms with Crippen LogP contribution in [0.15, 0.2) is 78.9 Å². The van der Waals surface area contributed by atoms with E-state index in [9.17, 15) is 0 Å². The van der Waals surface area contributed by atoms with Crippen LogP contribution in [0.1, 0.15) is 0 Å². The van der Waals surface area contributed by atoms with Gasteiger partial charge in [0.05, 0.1) is 0 Å². The molecule has 0 bridgehead atoms. The number of rotatable bonds is 2. The summed E-state index contributed by atoms with van der Waals surface area (Å²) in [6.45, 7) is 0. The average Bonchev–Trinajstić information content (AvgIpc) is 3.01. The largest absolute Gasteiger partial charge is 0.136 e. The Labute approximate surface area is 175 Å². The summed E-state index contributed by atoms with van der Waals surface area (Å²) in [4.78, 5) is 0. The van der Waals surface area contributed by atoms with Gasteiger partial charge in [-0.25, -0.2) is 0 Å². The first-order valence-electron chi connectivity index (χ1n) is 6.17. The molecule has 0 fully saturated rings. The molecule has 124 valence electrons. The third-order valence-corrected chi connectivity index (χ3v) is 2.99. The third kappa shape index (κ3) is 7.40. The van der Waals surface area contributed by atoms with Crippen molar-refractivity contribution in [2.75, 3.05) is 0 Å². The van der Waals surface area contributed by atoms with Crippen molar-refractivity contribution in [1.29, 1.82) is 0 Å². The predicted molar refractivity (Wildman–Crippen MR) is 115 cm³/mol. The molecule has 0 atom stereocenters. The maximum atomic E-state index is 2.18. The number of benzene rings is 2. The molecular weight excluding hydrogens is 464 g/mol. The Kier molecular flexibility index (Phi) is 18.2. The molecule has 0 saturated carbocycles. The van der Waals surface area contributed by atoms with E-state index in [1.807, 2.05) is 26.8 Å². The molecule has 3 rings (SSSR count). The van der Waals surface area contributed by atoms with Crippen molar-refractivity contribution in [2.24, 2.45) is 0 Å². The van der Waals surface area contributed by atoms with Crippen molar-refractivity contribution < 1.29 is 19.2 Å². The van der Waals surface area contributed by atoms with Crippen LogP contribution in [0.4, 0.5) is 0 Å². The van der Waals surface area contributed by atoms with Crippen molar-refractivity contribution in [2.45, 2.75) is 0 Å². The molecule has 0 aliphatic carbocycles. The van der Waals surface area contributed by atoms with Crippen LogP contribution < -0.4 is 0 Å². The SMILES string of the molecule is Br.Br.[CH3-].[CH3-].[SiH2]=[Ti].c1ccc(-c2ccc[c-]2-c2ccccc2)cc1. The Balaban J connectivity index is -0.000000643. The molecule has 3 aromatic rings. The maximum Gasteiger partial charge on any atom is -0.0633 e. The Morgan fingerprint density at radius 2 is 1.13 bits per heavy atom. The van der Waals surface area contributed by atoms with Gasteiger partial charge in [0.15, 0.2) is 0 Å². The van der Waals surface area contributed by atoms with Crippen LogP contribution in [-0.4, -0.2) is 7.63 Å². The monoisotopic (exact) mass is 485 g/mol. The van der Waals surface area contributed by atoms with Crippen molar-refractivity contribution >= 4 is 41.6 Å². The van der Waals surface area contributed by atoms with Crippen molar-refractivity contribution in [3.63, 3.8) is 0 Å². The topological polar surface area (TPSA) is 0 Å². The fourth-order valence-corrected chi connectivity index (χ4v) is 2.16. The van der Waals surface area contributed by atoms with Crippen molar-refractivity contribution in [3.05, 3.63) is 93.7 Å². The Morgan fingerprint density at radius 1 is 0.652 bits per heavy atom. The van der Waals surface area contributed by atoms with Gasteiger partial charge in [0.2, 0.25) is 0 Å². The van der Waals surface area contributed by atoms with Gasteiger partial charge in [0.25, 0.3) is 0 Å². The van der Waals surface area contributed by atoms with E-state index in [0.29, 0.717) is 0 Å². The van der Waals surface area contributed by atoms with Gasteiger partial charge in [-0.3, -0.25) is 0 Å². The minimum absolute atomic E-state index is 0. The zero-order valence-corrected chi connectivity index (χ0v) is 19.9. The first-order chi connectivity index (χ1) is 9.45. The Morgan fingerprint density at radius 3 is 1.65 bits per heavy atom. The van der Waals surface area contributed by atoms with Gasteiger partial charge in [0, 0.05) is 0 Å². The van der Waals surface area contributed by atoms with Crippen LogP contribution in [0, 0.1) is 14.9 Å². The average molecular weight is 487 g/mol. The van der Waals surface area contributed by atoms with Crippen molar-refractivity contribution in [3.8, 4) is 22.3 Å². The summed E-state index contributed by atoms with van der Waals surface area (Å²) in [6.07, 6.45) is 0. The van der Waals surface area contributed by atoms with Gasteiger partial charge in [-0.2, -0.15) is 0 Å². The van der Waals surface area contributed by atoms with E-state index in [4.69, 9.17) is 0 Å². The number of halogens is 2. The summed E-state index contributed by atoms with van der Waals surface area (Å²) in [6, 6.07) is 27.5. The smallest absolute Gasteiger partial charge is 0.0633 e. The summed E-state index contributed by atoms with van der Waals surface area (Å²) in [5, 5.41) is 0. The summed E-state index contributed by atoms with van der Waals surface area (Å²) in [5.41, 5.74) is 5.15. The summed E-state index contributed by atoms with van der Waals surface area (Å²) in [5.74, 6) is 0. The van der Waals surface area contributed by atoms with Crippen LogP contribution in [0.3, 0.4) is 0 Å². The molecule has 0 unspecified atom stereocenters. The quantitative estimate of drug-likeness (QED) is 0.313. The predicted octanol–water partition coefficient (Wildman–Crippen LogP) is 5.88. The fraction of sp³-hybridized carbons (Fsp3) is 0. The third-order valence-electron chi connectivity index (χ3n) is 2.99. The Hall–Kier alpha value is -0.319. The second-order valence-electron chi connectivity index (χ2n) is 4.09. The number of hydrogen-bond acceptors (Lipinski definition) is 0. The normalized spacial score (nSPS) is 7.78. The molecule has 4 heteroatoms. The van der Waals surface area contributed by atoms with Crippen LogP contribution in [0.25, 0.3) is 22.3 Å². The van der Waals surface area contributed by atoms with Crippen LogP contribution in [-0.2, 0) is 19.2 Å². The van der Waals surface area contributed by atoms with E-state index >= 15 is 0 Å². The molecular formula is C19H23Br2SiTi-3. The fourth-order valence-electron chi connectivity index (χ4n) is 2.16. The minimum Gasteiger partial charge on any atom is -0.136 e. The van der Waals surface area contributed by atoms with Crippen molar-refractivity contribution in [1.82, 2.24) is 0 Å². The molecule has 0 N–H and O–H groups in total. The molecule has 0 aromatic heterocycles. The van der Waals surface area contributed by atoms with Gasteiger partial charge in [0.1, 0.15) is 0 Å². The second-order valence-corrected chi connectivity index (χ2v) is 4.09. The first kappa shape index (κ1) is 27.5. The van der Waals surface area contributed by atoms with Gasteiger partial charge >= 0.3 is 26.8 Å². The zero-order chi connectivity index (χ0) is 13.5. The van der Waals surface area contributed by atoms with E-state index in [1.165, 1.54) is 22.3 Å². The molecule has 0 saturated heterocycles. The van der Waals surface area contributed by atoms with E-state index in [0.717, 1.165) is 0 Å². The minimum atomic E-state index is 0. The maximum absolute atomic E-state index is 2.18. The molecule has 0 spiro atoms. The summed E-state index contributed by atoms with van der Waals surface area (Å²) in [7, 11) is 1.86. The zero-order valence-electron chi connectivity index (χ0n) is 13.5. The molecule has 23 heavy (non-hydrogen) atoms. The van der Waals surface area contributed by atoms with Gasteiger partial charge in [-0.1, -0.05) is 65.2 Å². The molecule has 0 nitrogen and oxygen atoms in total. The van der Waals surface area contributed by atoms with Gasteiger partial charge < -0.3 is 14.9 Å². The first-order valence-corrected chi connectivity index (χ1v) is 10.2. The van der Waals surface area contributed by atoms with E-state index in [2.05, 4.69) is 78.9 Å². The van der Waals surface area contributed by atoms with Gasteiger partial charge in [-0.05, 0) is 0 Å². The molecule has 0 radical (unpaired) electrons. The van der Waals surface area contributed by atoms with E-state index in [-0.39, 0.29) is 48.8 Å². The molecule has 0 aliphatic heterocycles. The van der Waals surface area contributed by atoms with E-state index in [1.54, 1.807) is 0 Å². The van der Waals surface area contributed by atoms with Crippen LogP contribution >= 0.6 is 34.0 Å². The van der Waals surface area contributed by atoms with E-state index < -0.39 is 0 Å². The van der Waals surface area contributed by atoms with Crippen LogP contribution in [0.2, 0.25) is 0 Å². The van der Waals surface area contributed by atoms with Crippen LogP contribution in [0.5, 0.6) is 0 Å².